The van der Waals surface area contributed by atoms with Crippen molar-refractivity contribution in [3.63, 3.8) is 0 Å². The van der Waals surface area contributed by atoms with Gasteiger partial charge in [-0.15, -0.1) is 0 Å². The summed E-state index contributed by atoms with van der Waals surface area (Å²) in [6.07, 6.45) is 0. The molecule has 3 rings (SSSR count). The van der Waals surface area contributed by atoms with Crippen LogP contribution in [-0.2, 0) is 10.5 Å². The van der Waals surface area contributed by atoms with E-state index in [1.165, 1.54) is 22.2 Å². The van der Waals surface area contributed by atoms with Crippen molar-refractivity contribution >= 4 is 23.7 Å². The SMILES string of the molecule is Cc1ccc(-c2noc(CSCCN3C(=O)NC(C)(C)C3=O)n2)cc1. The molecule has 1 saturated heterocycles. The predicted molar refractivity (Wildman–Crippen MR) is 95.0 cm³/mol. The van der Waals surface area contributed by atoms with Gasteiger partial charge in [-0.2, -0.15) is 16.7 Å². The van der Waals surface area contributed by atoms with Crippen LogP contribution in [0.15, 0.2) is 28.8 Å². The number of aryl methyl sites for hydroxylation is 1. The number of imide groups is 1. The molecule has 3 amide bonds. The number of hydrogen-bond donors (Lipinski definition) is 1. The number of benzene rings is 1. The molecular formula is C17H20N4O3S. The maximum absolute atomic E-state index is 12.1. The normalized spacial score (nSPS) is 16.4. The summed E-state index contributed by atoms with van der Waals surface area (Å²) in [6.45, 7) is 5.78. The van der Waals surface area contributed by atoms with Gasteiger partial charge in [0.05, 0.1) is 5.75 Å². The monoisotopic (exact) mass is 360 g/mol. The number of thioether (sulfide) groups is 1. The number of amides is 3. The van der Waals surface area contributed by atoms with Crippen LogP contribution in [-0.4, -0.2) is 44.8 Å². The number of hydrogen-bond acceptors (Lipinski definition) is 6. The van der Waals surface area contributed by atoms with Gasteiger partial charge in [0.1, 0.15) is 5.54 Å². The zero-order chi connectivity index (χ0) is 18.0. The molecule has 7 nitrogen and oxygen atoms in total. The third-order valence-corrected chi connectivity index (χ3v) is 4.83. The van der Waals surface area contributed by atoms with Gasteiger partial charge in [-0.3, -0.25) is 9.69 Å². The van der Waals surface area contributed by atoms with Gasteiger partial charge in [0.25, 0.3) is 5.91 Å². The molecule has 1 fully saturated rings. The van der Waals surface area contributed by atoms with Crippen LogP contribution in [0, 0.1) is 6.92 Å². The maximum Gasteiger partial charge on any atom is 0.325 e. The Kier molecular flexibility index (Phi) is 4.80. The Morgan fingerprint density at radius 3 is 2.60 bits per heavy atom. The standard InChI is InChI=1S/C17H20N4O3S/c1-11-4-6-12(7-5-11)14-18-13(24-20-14)10-25-9-8-21-15(22)17(2,3)19-16(21)23/h4-7H,8-10H2,1-3H3,(H,19,23). The first-order valence-electron chi connectivity index (χ1n) is 7.98. The van der Waals surface area contributed by atoms with Crippen LogP contribution in [0.25, 0.3) is 11.4 Å². The fraction of sp³-hybridized carbons (Fsp3) is 0.412. The number of aromatic nitrogens is 2. The van der Waals surface area contributed by atoms with E-state index in [2.05, 4.69) is 15.5 Å². The van der Waals surface area contributed by atoms with Crippen molar-refractivity contribution < 1.29 is 14.1 Å². The van der Waals surface area contributed by atoms with Crippen molar-refractivity contribution in [1.82, 2.24) is 20.4 Å². The molecule has 25 heavy (non-hydrogen) atoms. The second kappa shape index (κ2) is 6.87. The Labute approximate surface area is 150 Å². The molecule has 0 spiro atoms. The van der Waals surface area contributed by atoms with E-state index in [1.807, 2.05) is 31.2 Å². The first-order chi connectivity index (χ1) is 11.9. The van der Waals surface area contributed by atoms with Gasteiger partial charge in [-0.25, -0.2) is 4.79 Å². The van der Waals surface area contributed by atoms with Gasteiger partial charge >= 0.3 is 6.03 Å². The van der Waals surface area contributed by atoms with E-state index < -0.39 is 5.54 Å². The molecular weight excluding hydrogens is 340 g/mol. The Balaban J connectivity index is 1.49. The lowest BCUT2D eigenvalue weighted by molar-refractivity contribution is -0.130. The van der Waals surface area contributed by atoms with Crippen molar-refractivity contribution in [3.8, 4) is 11.4 Å². The van der Waals surface area contributed by atoms with E-state index in [1.54, 1.807) is 13.8 Å². The summed E-state index contributed by atoms with van der Waals surface area (Å²) in [7, 11) is 0. The molecule has 1 aliphatic heterocycles. The minimum atomic E-state index is -0.822. The first-order valence-corrected chi connectivity index (χ1v) is 9.14. The highest BCUT2D eigenvalue weighted by Crippen LogP contribution is 2.20. The van der Waals surface area contributed by atoms with Crippen LogP contribution < -0.4 is 5.32 Å². The number of carbonyl (C=O) groups excluding carboxylic acids is 2. The summed E-state index contributed by atoms with van der Waals surface area (Å²) in [4.78, 5) is 29.5. The molecule has 0 aliphatic carbocycles. The summed E-state index contributed by atoms with van der Waals surface area (Å²) in [6, 6.07) is 7.57. The third-order valence-electron chi connectivity index (χ3n) is 3.91. The summed E-state index contributed by atoms with van der Waals surface area (Å²) in [5, 5.41) is 6.65. The van der Waals surface area contributed by atoms with Crippen LogP contribution in [0.1, 0.15) is 25.3 Å². The molecule has 1 aliphatic rings. The quantitative estimate of drug-likeness (QED) is 0.629. The largest absolute Gasteiger partial charge is 0.338 e. The molecule has 132 valence electrons. The number of nitrogens with one attached hydrogen (secondary N) is 1. The van der Waals surface area contributed by atoms with E-state index in [4.69, 9.17) is 4.52 Å². The zero-order valence-electron chi connectivity index (χ0n) is 14.4. The Bertz CT molecular complexity index is 785. The van der Waals surface area contributed by atoms with Gasteiger partial charge in [-0.1, -0.05) is 35.0 Å². The molecule has 1 aromatic carbocycles. The van der Waals surface area contributed by atoms with Crippen molar-refractivity contribution in [3.05, 3.63) is 35.7 Å². The molecule has 2 aromatic rings. The maximum atomic E-state index is 12.1. The minimum Gasteiger partial charge on any atom is -0.338 e. The molecule has 1 N–H and O–H groups in total. The van der Waals surface area contributed by atoms with Crippen LogP contribution in [0.5, 0.6) is 0 Å². The molecule has 8 heteroatoms. The average Bonchev–Trinajstić information content (AvgIpc) is 3.10. The fourth-order valence-electron chi connectivity index (χ4n) is 2.47. The fourth-order valence-corrected chi connectivity index (χ4v) is 3.22. The Hall–Kier alpha value is -2.35. The summed E-state index contributed by atoms with van der Waals surface area (Å²) in [5.74, 6) is 2.03. The van der Waals surface area contributed by atoms with Crippen LogP contribution in [0.3, 0.4) is 0 Å². The predicted octanol–water partition coefficient (Wildman–Crippen LogP) is 2.61. The molecule has 0 unspecified atom stereocenters. The Morgan fingerprint density at radius 1 is 1.24 bits per heavy atom. The highest BCUT2D eigenvalue weighted by atomic mass is 32.2. The Morgan fingerprint density at radius 2 is 1.96 bits per heavy atom. The van der Waals surface area contributed by atoms with Crippen molar-refractivity contribution in [2.45, 2.75) is 32.1 Å². The second-order valence-corrected chi connectivity index (χ2v) is 7.55. The summed E-state index contributed by atoms with van der Waals surface area (Å²) < 4.78 is 5.25. The van der Waals surface area contributed by atoms with E-state index in [0.717, 1.165) is 5.56 Å². The smallest absolute Gasteiger partial charge is 0.325 e. The van der Waals surface area contributed by atoms with Crippen LogP contribution in [0.4, 0.5) is 4.79 Å². The van der Waals surface area contributed by atoms with Gasteiger partial charge < -0.3 is 9.84 Å². The highest BCUT2D eigenvalue weighted by Gasteiger charge is 2.43. The lowest BCUT2D eigenvalue weighted by Crippen LogP contribution is -2.40. The molecule has 0 radical (unpaired) electrons. The third kappa shape index (κ3) is 3.84. The zero-order valence-corrected chi connectivity index (χ0v) is 15.2. The van der Waals surface area contributed by atoms with Gasteiger partial charge in [0.15, 0.2) is 0 Å². The van der Waals surface area contributed by atoms with Gasteiger partial charge in [-0.05, 0) is 20.8 Å². The van der Waals surface area contributed by atoms with Crippen molar-refractivity contribution in [1.29, 1.82) is 0 Å². The van der Waals surface area contributed by atoms with Crippen molar-refractivity contribution in [2.75, 3.05) is 12.3 Å². The van der Waals surface area contributed by atoms with Gasteiger partial charge in [0.2, 0.25) is 11.7 Å². The summed E-state index contributed by atoms with van der Waals surface area (Å²) in [5.41, 5.74) is 1.26. The number of rotatable bonds is 6. The van der Waals surface area contributed by atoms with Crippen LogP contribution in [0.2, 0.25) is 0 Å². The topological polar surface area (TPSA) is 88.3 Å². The number of carbonyl (C=O) groups is 2. The first kappa shape index (κ1) is 17.5. The van der Waals surface area contributed by atoms with E-state index in [0.29, 0.717) is 29.8 Å². The van der Waals surface area contributed by atoms with Gasteiger partial charge in [0, 0.05) is 17.9 Å². The average molecular weight is 360 g/mol. The van der Waals surface area contributed by atoms with E-state index >= 15 is 0 Å². The lowest BCUT2D eigenvalue weighted by Gasteiger charge is -2.15. The molecule has 0 saturated carbocycles. The highest BCUT2D eigenvalue weighted by molar-refractivity contribution is 7.98. The van der Waals surface area contributed by atoms with Crippen LogP contribution >= 0.6 is 11.8 Å². The molecule has 0 atom stereocenters. The lowest BCUT2D eigenvalue weighted by atomic mass is 10.1. The van der Waals surface area contributed by atoms with E-state index in [-0.39, 0.29) is 11.9 Å². The molecule has 1 aromatic heterocycles. The number of nitrogens with zero attached hydrogens (tertiary/aromatic N) is 3. The summed E-state index contributed by atoms with van der Waals surface area (Å²) >= 11 is 1.54. The molecule has 2 heterocycles. The molecule has 0 bridgehead atoms. The van der Waals surface area contributed by atoms with Crippen molar-refractivity contribution in [2.24, 2.45) is 0 Å². The number of urea groups is 1. The second-order valence-electron chi connectivity index (χ2n) is 6.44. The minimum absolute atomic E-state index is 0.197. The van der Waals surface area contributed by atoms with E-state index in [9.17, 15) is 9.59 Å².